The third-order valence-electron chi connectivity index (χ3n) is 1.87. The summed E-state index contributed by atoms with van der Waals surface area (Å²) in [6.45, 7) is 0.182. The van der Waals surface area contributed by atoms with Gasteiger partial charge >= 0.3 is 5.97 Å². The molecule has 0 saturated heterocycles. The van der Waals surface area contributed by atoms with Gasteiger partial charge in [0, 0.05) is 6.54 Å². The van der Waals surface area contributed by atoms with Gasteiger partial charge in [-0.3, -0.25) is 9.59 Å². The van der Waals surface area contributed by atoms with Crippen LogP contribution in [-0.2, 0) is 16.0 Å². The van der Waals surface area contributed by atoms with Gasteiger partial charge in [-0.25, -0.2) is 0 Å². The normalized spacial score (nSPS) is 9.60. The summed E-state index contributed by atoms with van der Waals surface area (Å²) in [5.41, 5.74) is 0.922. The van der Waals surface area contributed by atoms with Crippen molar-refractivity contribution in [2.24, 2.45) is 0 Å². The highest BCUT2D eigenvalue weighted by atomic mass is 16.4. The van der Waals surface area contributed by atoms with E-state index >= 15 is 0 Å². The Labute approximate surface area is 87.9 Å². The predicted molar refractivity (Wildman–Crippen MR) is 55.4 cm³/mol. The lowest BCUT2D eigenvalue weighted by atomic mass is 10.1. The summed E-state index contributed by atoms with van der Waals surface area (Å²) in [6, 6.07) is 9.32. The number of aliphatic carboxylic acids is 1. The second-order valence-corrected chi connectivity index (χ2v) is 3.16. The van der Waals surface area contributed by atoms with Crippen molar-refractivity contribution < 1.29 is 14.7 Å². The Hall–Kier alpha value is -1.84. The minimum absolute atomic E-state index is 0.0411. The van der Waals surface area contributed by atoms with Crippen LogP contribution < -0.4 is 5.32 Å². The SMILES string of the molecule is O=C(O)CCNC(=O)Cc1ccccc1. The number of carboxylic acid groups (broad SMARTS) is 1. The van der Waals surface area contributed by atoms with Gasteiger partial charge in [-0.15, -0.1) is 0 Å². The molecular formula is C11H13NO3. The molecule has 0 saturated carbocycles. The zero-order valence-corrected chi connectivity index (χ0v) is 8.27. The number of carboxylic acids is 1. The first-order valence-electron chi connectivity index (χ1n) is 4.71. The molecule has 0 heterocycles. The Bertz CT molecular complexity index is 335. The number of benzene rings is 1. The molecule has 2 N–H and O–H groups in total. The number of nitrogens with one attached hydrogen (secondary N) is 1. The topological polar surface area (TPSA) is 66.4 Å². The van der Waals surface area contributed by atoms with E-state index in [1.807, 2.05) is 30.3 Å². The van der Waals surface area contributed by atoms with E-state index in [2.05, 4.69) is 5.32 Å². The lowest BCUT2D eigenvalue weighted by Crippen LogP contribution is -2.27. The van der Waals surface area contributed by atoms with Crippen LogP contribution in [-0.4, -0.2) is 23.5 Å². The summed E-state index contributed by atoms with van der Waals surface area (Å²) in [7, 11) is 0. The van der Waals surface area contributed by atoms with E-state index in [1.165, 1.54) is 0 Å². The van der Waals surface area contributed by atoms with Crippen LogP contribution in [0.25, 0.3) is 0 Å². The highest BCUT2D eigenvalue weighted by Gasteiger charge is 2.03. The molecule has 4 heteroatoms. The van der Waals surface area contributed by atoms with Crippen LogP contribution in [0.3, 0.4) is 0 Å². The van der Waals surface area contributed by atoms with Gasteiger partial charge in [0.2, 0.25) is 5.91 Å². The lowest BCUT2D eigenvalue weighted by molar-refractivity contribution is -0.136. The first-order valence-corrected chi connectivity index (χ1v) is 4.71. The molecule has 0 fully saturated rings. The van der Waals surface area contributed by atoms with Crippen molar-refractivity contribution in [3.05, 3.63) is 35.9 Å². The van der Waals surface area contributed by atoms with Crippen LogP contribution in [0.5, 0.6) is 0 Å². The van der Waals surface area contributed by atoms with Gasteiger partial charge in [0.05, 0.1) is 12.8 Å². The average molecular weight is 207 g/mol. The molecule has 4 nitrogen and oxygen atoms in total. The van der Waals surface area contributed by atoms with Gasteiger partial charge in [0.15, 0.2) is 0 Å². The van der Waals surface area contributed by atoms with Crippen molar-refractivity contribution in [3.8, 4) is 0 Å². The molecule has 1 aromatic carbocycles. The van der Waals surface area contributed by atoms with E-state index in [1.54, 1.807) is 0 Å². The van der Waals surface area contributed by atoms with Crippen LogP contribution >= 0.6 is 0 Å². The first-order chi connectivity index (χ1) is 7.18. The molecule has 0 atom stereocenters. The Balaban J connectivity index is 2.28. The van der Waals surface area contributed by atoms with Crippen LogP contribution in [0.2, 0.25) is 0 Å². The second kappa shape index (κ2) is 5.80. The Kier molecular flexibility index (Phi) is 4.34. The molecule has 0 radical (unpaired) electrons. The molecule has 15 heavy (non-hydrogen) atoms. The summed E-state index contributed by atoms with van der Waals surface area (Å²) in [5, 5.41) is 10.9. The fourth-order valence-electron chi connectivity index (χ4n) is 1.15. The maximum atomic E-state index is 11.3. The van der Waals surface area contributed by atoms with Crippen molar-refractivity contribution in [1.82, 2.24) is 5.32 Å². The minimum Gasteiger partial charge on any atom is -0.481 e. The quantitative estimate of drug-likeness (QED) is 0.751. The molecule has 80 valence electrons. The van der Waals surface area contributed by atoms with Crippen LogP contribution in [0, 0.1) is 0 Å². The van der Waals surface area contributed by atoms with Crippen molar-refractivity contribution in [1.29, 1.82) is 0 Å². The number of hydrogen-bond acceptors (Lipinski definition) is 2. The van der Waals surface area contributed by atoms with Crippen molar-refractivity contribution in [2.75, 3.05) is 6.54 Å². The van der Waals surface area contributed by atoms with Gasteiger partial charge in [-0.2, -0.15) is 0 Å². The number of rotatable bonds is 5. The third-order valence-corrected chi connectivity index (χ3v) is 1.87. The standard InChI is InChI=1S/C11H13NO3/c13-10(12-7-6-11(14)15)8-9-4-2-1-3-5-9/h1-5H,6-8H2,(H,12,13)(H,14,15). The molecule has 0 aliphatic rings. The van der Waals surface area contributed by atoms with Crippen molar-refractivity contribution in [3.63, 3.8) is 0 Å². The molecular weight excluding hydrogens is 194 g/mol. The fourth-order valence-corrected chi connectivity index (χ4v) is 1.15. The molecule has 0 aliphatic carbocycles. The molecule has 0 aliphatic heterocycles. The van der Waals surface area contributed by atoms with E-state index in [0.29, 0.717) is 6.42 Å². The van der Waals surface area contributed by atoms with Crippen LogP contribution in [0.1, 0.15) is 12.0 Å². The molecule has 0 unspecified atom stereocenters. The van der Waals surface area contributed by atoms with Gasteiger partial charge in [-0.1, -0.05) is 30.3 Å². The van der Waals surface area contributed by atoms with Crippen molar-refractivity contribution in [2.45, 2.75) is 12.8 Å². The van der Waals surface area contributed by atoms with Gasteiger partial charge in [0.1, 0.15) is 0 Å². The molecule has 0 spiro atoms. The predicted octanol–water partition coefficient (Wildman–Crippen LogP) is 0.820. The monoisotopic (exact) mass is 207 g/mol. The average Bonchev–Trinajstić information content (AvgIpc) is 2.18. The van der Waals surface area contributed by atoms with E-state index in [9.17, 15) is 9.59 Å². The largest absolute Gasteiger partial charge is 0.481 e. The smallest absolute Gasteiger partial charge is 0.305 e. The molecule has 1 aromatic rings. The summed E-state index contributed by atoms with van der Waals surface area (Å²) in [4.78, 5) is 21.5. The van der Waals surface area contributed by atoms with Gasteiger partial charge in [-0.05, 0) is 5.56 Å². The maximum Gasteiger partial charge on any atom is 0.305 e. The number of hydrogen-bond donors (Lipinski definition) is 2. The van der Waals surface area contributed by atoms with E-state index in [0.717, 1.165) is 5.56 Å². The van der Waals surface area contributed by atoms with E-state index in [4.69, 9.17) is 5.11 Å². The summed E-state index contributed by atoms with van der Waals surface area (Å²) < 4.78 is 0. The van der Waals surface area contributed by atoms with Gasteiger partial charge < -0.3 is 10.4 Å². The third kappa shape index (κ3) is 4.81. The minimum atomic E-state index is -0.907. The summed E-state index contributed by atoms with van der Waals surface area (Å²) in [6.07, 6.45) is 0.251. The van der Waals surface area contributed by atoms with Crippen molar-refractivity contribution >= 4 is 11.9 Å². The number of carbonyl (C=O) groups is 2. The van der Waals surface area contributed by atoms with E-state index < -0.39 is 5.97 Å². The van der Waals surface area contributed by atoms with Gasteiger partial charge in [0.25, 0.3) is 0 Å². The van der Waals surface area contributed by atoms with E-state index in [-0.39, 0.29) is 18.9 Å². The zero-order chi connectivity index (χ0) is 11.1. The fraction of sp³-hybridized carbons (Fsp3) is 0.273. The Morgan fingerprint density at radius 1 is 1.20 bits per heavy atom. The Morgan fingerprint density at radius 2 is 1.87 bits per heavy atom. The molecule has 0 aromatic heterocycles. The van der Waals surface area contributed by atoms with Crippen LogP contribution in [0.15, 0.2) is 30.3 Å². The molecule has 1 amide bonds. The zero-order valence-electron chi connectivity index (χ0n) is 8.27. The maximum absolute atomic E-state index is 11.3. The highest BCUT2D eigenvalue weighted by molar-refractivity contribution is 5.79. The summed E-state index contributed by atoms with van der Waals surface area (Å²) >= 11 is 0. The lowest BCUT2D eigenvalue weighted by Gasteiger charge is -2.03. The first kappa shape index (κ1) is 11.2. The molecule has 0 bridgehead atoms. The second-order valence-electron chi connectivity index (χ2n) is 3.16. The van der Waals surface area contributed by atoms with Crippen LogP contribution in [0.4, 0.5) is 0 Å². The highest BCUT2D eigenvalue weighted by Crippen LogP contribution is 1.98. The number of amides is 1. The number of carbonyl (C=O) groups excluding carboxylic acids is 1. The summed E-state index contributed by atoms with van der Waals surface area (Å²) in [5.74, 6) is -1.06. The molecule has 1 rings (SSSR count). The Morgan fingerprint density at radius 3 is 2.47 bits per heavy atom.